The number of carboxylic acids is 3. The van der Waals surface area contributed by atoms with Crippen molar-refractivity contribution in [1.29, 1.82) is 0 Å². The first kappa shape index (κ1) is 79.6. The summed E-state index contributed by atoms with van der Waals surface area (Å²) in [4.78, 5) is 54.9. The van der Waals surface area contributed by atoms with Gasteiger partial charge in [-0.3, -0.25) is 4.79 Å². The topological polar surface area (TPSA) is 207 Å². The van der Waals surface area contributed by atoms with Crippen LogP contribution in [0.4, 0.5) is 0 Å². The molecule has 3 aliphatic heterocycles. The molecule has 542 valence electrons. The first-order valence-corrected chi connectivity index (χ1v) is 40.4. The summed E-state index contributed by atoms with van der Waals surface area (Å²) in [5.41, 5.74) is 13.2. The van der Waals surface area contributed by atoms with E-state index in [0.717, 1.165) is 152 Å². The van der Waals surface area contributed by atoms with Crippen molar-refractivity contribution < 1.29 is 51.3 Å². The van der Waals surface area contributed by atoms with Gasteiger partial charge in [0.25, 0.3) is 0 Å². The molecule has 13 rings (SSSR count). The number of benzene rings is 4. The zero-order valence-electron chi connectivity index (χ0n) is 57.0. The smallest absolute Gasteiger partial charge is 0.346 e. The molecule has 6 heterocycles. The van der Waals surface area contributed by atoms with Gasteiger partial charge in [0.2, 0.25) is 26.0 Å². The third-order valence-corrected chi connectivity index (χ3v) is 27.7. The fourth-order valence-corrected chi connectivity index (χ4v) is 20.7. The van der Waals surface area contributed by atoms with Gasteiger partial charge in [0.1, 0.15) is 14.6 Å². The highest BCUT2D eigenvalue weighted by Crippen LogP contribution is 2.48. The van der Waals surface area contributed by atoms with Crippen LogP contribution in [0.3, 0.4) is 0 Å². The van der Waals surface area contributed by atoms with Crippen molar-refractivity contribution in [1.82, 2.24) is 13.5 Å². The molecule has 14 nitrogen and oxygen atoms in total. The van der Waals surface area contributed by atoms with Crippen molar-refractivity contribution in [2.75, 3.05) is 45.5 Å². The summed E-state index contributed by atoms with van der Waals surface area (Å²) in [5.74, 6) is 0.518. The molecule has 0 unspecified atom stereocenters. The Morgan fingerprint density at radius 2 is 0.733 bits per heavy atom. The van der Waals surface area contributed by atoms with E-state index in [1.54, 1.807) is 27.7 Å². The summed E-state index contributed by atoms with van der Waals surface area (Å²) in [6, 6.07) is 42.8. The second-order valence-electron chi connectivity index (χ2n) is 27.9. The second kappa shape index (κ2) is 34.9. The quantitative estimate of drug-likeness (QED) is 0.0880. The Kier molecular flexibility index (Phi) is 27.5. The molecule has 3 aromatic heterocycles. The molecular formula is C82H103N3O11S5. The van der Waals surface area contributed by atoms with E-state index in [0.29, 0.717) is 95.3 Å². The van der Waals surface area contributed by atoms with Gasteiger partial charge in [0.15, 0.2) is 0 Å². The van der Waals surface area contributed by atoms with E-state index in [2.05, 4.69) is 26.8 Å². The lowest BCUT2D eigenvalue weighted by Crippen LogP contribution is -2.39. The van der Waals surface area contributed by atoms with Crippen LogP contribution in [0.1, 0.15) is 198 Å². The van der Waals surface area contributed by atoms with Crippen LogP contribution in [-0.4, -0.2) is 115 Å². The van der Waals surface area contributed by atoms with Gasteiger partial charge >= 0.3 is 17.9 Å². The SMILES string of the molecule is C.C.C.CC(=O)N1CCC(c2cc(-c3ccccc3)sc2C(=O)O)=C(C2CCC(C)CC2)C1.CC1CCC(C2=C(c3cc(-c4ccccc4)sc3C(=O)O)CCN(S(C)(=O)=O)C2)CC1.Cc1ccc(S(=O)(=O)N2CCC(c3cc(-c4ccccc4)sc3C(=O)O)=C(C3CCC(C)CC3)C2)cc1. The fraction of sp³-hybridized carbons (Fsp3) is 0.439. The molecule has 1 amide bonds. The van der Waals surface area contributed by atoms with Crippen molar-refractivity contribution in [2.45, 2.75) is 158 Å². The molecule has 3 aliphatic carbocycles. The summed E-state index contributed by atoms with van der Waals surface area (Å²) in [6.07, 6.45) is 16.3. The zero-order chi connectivity index (χ0) is 69.6. The number of carboxylic acid groups (broad SMARTS) is 3. The molecule has 19 heteroatoms. The maximum Gasteiger partial charge on any atom is 0.346 e. The van der Waals surface area contributed by atoms with Crippen LogP contribution in [0.5, 0.6) is 0 Å². The number of hydrogen-bond acceptors (Lipinski definition) is 11. The third kappa shape index (κ3) is 18.8. The molecule has 7 aromatic rings. The van der Waals surface area contributed by atoms with Gasteiger partial charge in [-0.05, 0) is 181 Å². The lowest BCUT2D eigenvalue weighted by atomic mass is 9.75. The van der Waals surface area contributed by atoms with Gasteiger partial charge in [0, 0.05) is 77.5 Å². The van der Waals surface area contributed by atoms with Gasteiger partial charge in [0.05, 0.1) is 11.2 Å². The van der Waals surface area contributed by atoms with Gasteiger partial charge < -0.3 is 20.2 Å². The predicted molar refractivity (Wildman–Crippen MR) is 417 cm³/mol. The van der Waals surface area contributed by atoms with E-state index in [4.69, 9.17) is 0 Å². The van der Waals surface area contributed by atoms with E-state index in [9.17, 15) is 51.3 Å². The Labute approximate surface area is 612 Å². The number of hydrogen-bond donors (Lipinski definition) is 3. The number of amides is 1. The molecule has 3 fully saturated rings. The number of carbonyl (C=O) groups excluding carboxylic acids is 1. The van der Waals surface area contributed by atoms with Crippen molar-refractivity contribution in [3.8, 4) is 31.3 Å². The van der Waals surface area contributed by atoms with Crippen molar-refractivity contribution in [3.63, 3.8) is 0 Å². The van der Waals surface area contributed by atoms with Crippen LogP contribution in [0.15, 0.2) is 155 Å². The summed E-state index contributed by atoms with van der Waals surface area (Å²) >= 11 is 3.96. The van der Waals surface area contributed by atoms with Crippen LogP contribution in [0, 0.1) is 42.4 Å². The van der Waals surface area contributed by atoms with Crippen molar-refractivity contribution >= 4 is 94.6 Å². The van der Waals surface area contributed by atoms with Crippen LogP contribution < -0.4 is 0 Å². The Bertz CT molecular complexity index is 4350. The molecule has 0 radical (unpaired) electrons. The minimum absolute atomic E-state index is 0. The van der Waals surface area contributed by atoms with Gasteiger partial charge in [-0.1, -0.05) is 190 Å². The van der Waals surface area contributed by atoms with E-state index >= 15 is 0 Å². The Hall–Kier alpha value is -7.10. The van der Waals surface area contributed by atoms with E-state index in [1.165, 1.54) is 64.3 Å². The number of nitrogens with zero attached hydrogens (tertiary/aromatic N) is 3. The summed E-state index contributed by atoms with van der Waals surface area (Å²) < 4.78 is 54.9. The molecule has 3 N–H and O–H groups in total. The zero-order valence-corrected chi connectivity index (χ0v) is 61.1. The largest absolute Gasteiger partial charge is 0.477 e. The fourth-order valence-electron chi connectivity index (χ4n) is 15.4. The second-order valence-corrected chi connectivity index (χ2v) is 35.0. The van der Waals surface area contributed by atoms with E-state index in [1.807, 2.05) is 127 Å². The highest BCUT2D eigenvalue weighted by molar-refractivity contribution is 7.89. The molecule has 4 aromatic carbocycles. The normalized spacial score (nSPS) is 21.5. The third-order valence-electron chi connectivity index (χ3n) is 21.1. The number of rotatable bonds is 15. The summed E-state index contributed by atoms with van der Waals surface area (Å²) in [5, 5.41) is 30.0. The lowest BCUT2D eigenvalue weighted by Gasteiger charge is -2.37. The van der Waals surface area contributed by atoms with Crippen molar-refractivity contribution in [3.05, 3.63) is 187 Å². The molecule has 0 spiro atoms. The Balaban J connectivity index is 0.000000191. The molecule has 0 atom stereocenters. The maximum atomic E-state index is 13.6. The van der Waals surface area contributed by atoms with Crippen LogP contribution in [0.2, 0.25) is 0 Å². The van der Waals surface area contributed by atoms with E-state index in [-0.39, 0.29) is 34.1 Å². The number of carbonyl (C=O) groups is 4. The average molecular weight is 1470 g/mol. The Morgan fingerprint density at radius 3 is 1.05 bits per heavy atom. The molecule has 0 saturated heterocycles. The Morgan fingerprint density at radius 1 is 0.426 bits per heavy atom. The maximum absolute atomic E-state index is 13.6. The summed E-state index contributed by atoms with van der Waals surface area (Å²) in [7, 11) is -6.94. The molecule has 3 saturated carbocycles. The highest BCUT2D eigenvalue weighted by Gasteiger charge is 2.38. The van der Waals surface area contributed by atoms with E-state index < -0.39 is 38.0 Å². The minimum Gasteiger partial charge on any atom is -0.477 e. The molecule has 0 bridgehead atoms. The predicted octanol–water partition coefficient (Wildman–Crippen LogP) is 20.3. The van der Waals surface area contributed by atoms with Crippen LogP contribution >= 0.6 is 34.0 Å². The molecule has 6 aliphatic rings. The lowest BCUT2D eigenvalue weighted by molar-refractivity contribution is -0.128. The number of aryl methyl sites for hydroxylation is 1. The standard InChI is InChI=1S/C30H33NO4S2.C25H29NO3S.C24H29NO4S2.3CH4/c1-20-8-12-22(13-9-20)27-19-31(37(34,35)24-14-10-21(2)11-15-24)17-16-25(27)26-18-28(36-29(26)30(32)33)23-6-4-3-5-7-23;1-16-8-10-18(11-9-16)22-15-26(17(2)27)13-12-20(22)21-14-23(30-24(21)25(28)29)19-6-4-3-5-7-19;1-16-8-10-17(11-9-16)21-15-25(31(2,28)29)13-12-19(21)20-14-22(30-23(20)24(26)27)18-6-4-3-5-7-18;;;/h3-7,10-11,14-15,18,20,22H,8-9,12-13,16-17,19H2,1-2H3,(H,32,33);3-7,14,16,18H,8-13,15H2,1-2H3,(H,28,29);3-7,14,16-17H,8-13,15H2,1-2H3,(H,26,27);3*1H4. The minimum atomic E-state index is -3.65. The number of aromatic carboxylic acids is 3. The van der Waals surface area contributed by atoms with Gasteiger partial charge in [-0.25, -0.2) is 31.2 Å². The molecular weight excluding hydrogens is 1360 g/mol. The first-order valence-electron chi connectivity index (χ1n) is 34.6. The van der Waals surface area contributed by atoms with Crippen molar-refractivity contribution in [2.24, 2.45) is 35.5 Å². The monoisotopic (exact) mass is 1470 g/mol. The summed E-state index contributed by atoms with van der Waals surface area (Å²) in [6.45, 7) is 13.2. The van der Waals surface area contributed by atoms with Gasteiger partial charge in [-0.15, -0.1) is 34.0 Å². The first-order chi connectivity index (χ1) is 46.9. The average Bonchev–Trinajstić information content (AvgIpc) is 1.72. The van der Waals surface area contributed by atoms with Crippen LogP contribution in [-0.2, 0) is 24.8 Å². The highest BCUT2D eigenvalue weighted by atomic mass is 32.2. The van der Waals surface area contributed by atoms with Gasteiger partial charge in [-0.2, -0.15) is 8.61 Å². The number of sulfonamides is 2. The molecule has 101 heavy (non-hydrogen) atoms. The number of thiophene rings is 3. The van der Waals surface area contributed by atoms with Crippen LogP contribution in [0.25, 0.3) is 48.0 Å².